The molecule has 1 saturated heterocycles. The molecule has 1 aliphatic heterocycles. The molecule has 2 unspecified atom stereocenters. The van der Waals surface area contributed by atoms with Crippen molar-refractivity contribution in [1.82, 2.24) is 19.9 Å². The Bertz CT molecular complexity index is 1670. The number of carbonyl (C=O) groups is 2. The van der Waals surface area contributed by atoms with Crippen LogP contribution >= 0.6 is 11.6 Å². The summed E-state index contributed by atoms with van der Waals surface area (Å²) >= 11 is 5.77. The van der Waals surface area contributed by atoms with Crippen molar-refractivity contribution in [3.8, 4) is 0 Å². The van der Waals surface area contributed by atoms with Crippen molar-refractivity contribution in [2.24, 2.45) is 11.8 Å². The fourth-order valence-corrected chi connectivity index (χ4v) is 5.08. The number of fused-ring (bicyclic) bond motifs is 1. The third-order valence-electron chi connectivity index (χ3n) is 7.31. The smallest absolute Gasteiger partial charge is 0.341 e. The lowest BCUT2D eigenvalue weighted by atomic mass is 10.1. The fraction of sp³-hybridized carbons (Fsp3) is 0.257. The summed E-state index contributed by atoms with van der Waals surface area (Å²) in [6.45, 7) is 6.20. The minimum absolute atomic E-state index is 0.0887. The summed E-state index contributed by atoms with van der Waals surface area (Å²) in [4.78, 5) is 43.2. The minimum Gasteiger partial charge on any atom is -0.462 e. The van der Waals surface area contributed by atoms with Gasteiger partial charge in [-0.05, 0) is 67.0 Å². The standard InChI is InChI=1S/C20H21N3O2.C15H13ClN2O2/c1-2-25-19(24)17-11-21-20(23-12-15-10-16(15)13-23)22-18(17)9-8-14-6-4-3-5-7-14;1-2-20-14(19)12-10-17-15(16)18-13(12)9-8-11-6-4-3-5-7-11/h3-9,11,15-16H,2,10,12-13H2,1H3;3-10H,2H2,1H3/b2*9-8+. The molecule has 45 heavy (non-hydrogen) atoms. The Balaban J connectivity index is 0.000000183. The van der Waals surface area contributed by atoms with Gasteiger partial charge >= 0.3 is 11.9 Å². The number of esters is 2. The predicted molar refractivity (Wildman–Crippen MR) is 176 cm³/mol. The molecule has 9 nitrogen and oxygen atoms in total. The first-order valence-corrected chi connectivity index (χ1v) is 15.3. The number of anilines is 1. The highest BCUT2D eigenvalue weighted by molar-refractivity contribution is 6.28. The van der Waals surface area contributed by atoms with E-state index in [1.807, 2.05) is 78.9 Å². The SMILES string of the molecule is CCOC(=O)c1cnc(Cl)nc1/C=C/c1ccccc1.CCOC(=O)c1cnc(N2CC3CC3C2)nc1/C=C/c1ccccc1. The van der Waals surface area contributed by atoms with E-state index in [-0.39, 0.29) is 11.3 Å². The lowest BCUT2D eigenvalue weighted by Gasteiger charge is -2.18. The molecule has 0 amide bonds. The largest absolute Gasteiger partial charge is 0.462 e. The van der Waals surface area contributed by atoms with Gasteiger partial charge < -0.3 is 14.4 Å². The van der Waals surface area contributed by atoms with Gasteiger partial charge in [0.15, 0.2) is 0 Å². The molecule has 2 aromatic carbocycles. The Morgan fingerprint density at radius 1 is 0.756 bits per heavy atom. The van der Waals surface area contributed by atoms with E-state index in [1.165, 1.54) is 12.6 Å². The molecule has 2 fully saturated rings. The summed E-state index contributed by atoms with van der Waals surface area (Å²) in [7, 11) is 0. The van der Waals surface area contributed by atoms with Crippen molar-refractivity contribution >= 4 is 53.8 Å². The molecule has 6 rings (SSSR count). The van der Waals surface area contributed by atoms with Gasteiger partial charge in [-0.25, -0.2) is 29.5 Å². The number of rotatable bonds is 9. The highest BCUT2D eigenvalue weighted by atomic mass is 35.5. The molecule has 3 heterocycles. The number of benzene rings is 2. The van der Waals surface area contributed by atoms with Crippen LogP contribution in [0.5, 0.6) is 0 Å². The van der Waals surface area contributed by atoms with E-state index in [4.69, 9.17) is 21.1 Å². The zero-order chi connectivity index (χ0) is 31.6. The normalized spacial score (nSPS) is 16.6. The van der Waals surface area contributed by atoms with Gasteiger partial charge in [0.05, 0.1) is 24.6 Å². The van der Waals surface area contributed by atoms with Crippen molar-refractivity contribution in [3.05, 3.63) is 112 Å². The molecule has 2 aromatic heterocycles. The highest BCUT2D eigenvalue weighted by Crippen LogP contribution is 2.45. The monoisotopic (exact) mass is 623 g/mol. The van der Waals surface area contributed by atoms with E-state index in [0.29, 0.717) is 41.7 Å². The van der Waals surface area contributed by atoms with Crippen LogP contribution in [0.3, 0.4) is 0 Å². The summed E-state index contributed by atoms with van der Waals surface area (Å²) in [6.07, 6.45) is 11.7. The summed E-state index contributed by atoms with van der Waals surface area (Å²) in [5.41, 5.74) is 3.79. The molecule has 230 valence electrons. The van der Waals surface area contributed by atoms with E-state index < -0.39 is 5.97 Å². The highest BCUT2D eigenvalue weighted by Gasteiger charge is 2.45. The maximum atomic E-state index is 12.2. The van der Waals surface area contributed by atoms with E-state index in [2.05, 4.69) is 24.8 Å². The van der Waals surface area contributed by atoms with Crippen LogP contribution in [0, 0.1) is 11.8 Å². The number of nitrogens with zero attached hydrogens (tertiary/aromatic N) is 5. The Hall–Kier alpha value is -4.89. The molecular formula is C35H34ClN5O4. The third-order valence-corrected chi connectivity index (χ3v) is 7.50. The average molecular weight is 624 g/mol. The van der Waals surface area contributed by atoms with Crippen LogP contribution in [-0.4, -0.2) is 58.2 Å². The number of carbonyl (C=O) groups excluding carboxylic acids is 2. The first-order chi connectivity index (χ1) is 21.9. The average Bonchev–Trinajstić information content (AvgIpc) is 3.68. The topological polar surface area (TPSA) is 107 Å². The van der Waals surface area contributed by atoms with Gasteiger partial charge in [-0.3, -0.25) is 0 Å². The summed E-state index contributed by atoms with van der Waals surface area (Å²) < 4.78 is 10.1. The molecule has 0 N–H and O–H groups in total. The van der Waals surface area contributed by atoms with Crippen molar-refractivity contribution in [2.45, 2.75) is 20.3 Å². The molecule has 2 aliphatic rings. The van der Waals surface area contributed by atoms with Gasteiger partial charge in [0.2, 0.25) is 11.2 Å². The second kappa shape index (κ2) is 15.2. The maximum absolute atomic E-state index is 12.2. The van der Waals surface area contributed by atoms with Gasteiger partial charge in [0, 0.05) is 25.5 Å². The van der Waals surface area contributed by atoms with Crippen molar-refractivity contribution in [2.75, 3.05) is 31.2 Å². The van der Waals surface area contributed by atoms with Crippen LogP contribution in [0.15, 0.2) is 73.1 Å². The second-order valence-corrected chi connectivity index (χ2v) is 10.8. The number of halogens is 1. The first-order valence-electron chi connectivity index (χ1n) is 14.9. The Labute approximate surface area is 267 Å². The third kappa shape index (κ3) is 8.61. The molecule has 1 aliphatic carbocycles. The first kappa shape index (κ1) is 31.5. The summed E-state index contributed by atoms with van der Waals surface area (Å²) in [6, 6.07) is 19.6. The van der Waals surface area contributed by atoms with Crippen LogP contribution in [0.1, 0.15) is 63.5 Å². The van der Waals surface area contributed by atoms with E-state index in [1.54, 1.807) is 26.1 Å². The number of aromatic nitrogens is 4. The van der Waals surface area contributed by atoms with Gasteiger partial charge in [0.25, 0.3) is 0 Å². The van der Waals surface area contributed by atoms with Crippen molar-refractivity contribution in [3.63, 3.8) is 0 Å². The number of piperidine rings is 1. The zero-order valence-corrected chi connectivity index (χ0v) is 25.9. The molecule has 0 bridgehead atoms. The summed E-state index contributed by atoms with van der Waals surface area (Å²) in [5, 5.41) is 0.0887. The Kier molecular flexibility index (Phi) is 10.7. The number of hydrogen-bond donors (Lipinski definition) is 0. The Morgan fingerprint density at radius 3 is 1.76 bits per heavy atom. The number of ether oxygens (including phenoxy) is 2. The molecule has 1 saturated carbocycles. The van der Waals surface area contributed by atoms with Crippen molar-refractivity contribution < 1.29 is 19.1 Å². The van der Waals surface area contributed by atoms with Gasteiger partial charge in [-0.15, -0.1) is 0 Å². The van der Waals surface area contributed by atoms with Crippen LogP contribution in [0.25, 0.3) is 24.3 Å². The number of hydrogen-bond acceptors (Lipinski definition) is 9. The maximum Gasteiger partial charge on any atom is 0.341 e. The fourth-order valence-electron chi connectivity index (χ4n) is 4.94. The van der Waals surface area contributed by atoms with Crippen LogP contribution in [-0.2, 0) is 9.47 Å². The predicted octanol–water partition coefficient (Wildman–Crippen LogP) is 6.76. The van der Waals surface area contributed by atoms with Gasteiger partial charge in [0.1, 0.15) is 11.1 Å². The lowest BCUT2D eigenvalue weighted by Crippen LogP contribution is -2.25. The minimum atomic E-state index is -0.461. The van der Waals surface area contributed by atoms with E-state index >= 15 is 0 Å². The Morgan fingerprint density at radius 2 is 1.24 bits per heavy atom. The lowest BCUT2D eigenvalue weighted by molar-refractivity contribution is 0.0515. The van der Waals surface area contributed by atoms with Crippen LogP contribution in [0.2, 0.25) is 5.28 Å². The second-order valence-electron chi connectivity index (χ2n) is 10.5. The van der Waals surface area contributed by atoms with Gasteiger partial charge in [-0.2, -0.15) is 0 Å². The van der Waals surface area contributed by atoms with Crippen LogP contribution < -0.4 is 4.90 Å². The van der Waals surface area contributed by atoms with Crippen molar-refractivity contribution in [1.29, 1.82) is 0 Å². The summed E-state index contributed by atoms with van der Waals surface area (Å²) in [5.74, 6) is 1.46. The zero-order valence-electron chi connectivity index (χ0n) is 25.2. The molecule has 2 atom stereocenters. The van der Waals surface area contributed by atoms with E-state index in [0.717, 1.165) is 36.1 Å². The quantitative estimate of drug-likeness (QED) is 0.148. The molecule has 4 aromatic rings. The van der Waals surface area contributed by atoms with Gasteiger partial charge in [-0.1, -0.05) is 72.8 Å². The molecular weight excluding hydrogens is 590 g/mol. The molecule has 0 spiro atoms. The molecule has 0 radical (unpaired) electrons. The van der Waals surface area contributed by atoms with E-state index in [9.17, 15) is 9.59 Å². The van der Waals surface area contributed by atoms with Crippen LogP contribution in [0.4, 0.5) is 5.95 Å². The molecule has 10 heteroatoms.